The summed E-state index contributed by atoms with van der Waals surface area (Å²) in [5.74, 6) is 1.70. The Morgan fingerprint density at radius 1 is 1.23 bits per heavy atom. The Bertz CT molecular complexity index is 150. The summed E-state index contributed by atoms with van der Waals surface area (Å²) in [6.45, 7) is 1.57. The van der Waals surface area contributed by atoms with E-state index in [1.807, 2.05) is 0 Å². The number of aliphatic hydroxyl groups excluding tert-OH is 1. The summed E-state index contributed by atoms with van der Waals surface area (Å²) in [6, 6.07) is 0.716. The lowest BCUT2D eigenvalue weighted by Gasteiger charge is -2.31. The van der Waals surface area contributed by atoms with Gasteiger partial charge in [0.25, 0.3) is 0 Å². The molecule has 0 amide bonds. The second-order valence-electron chi connectivity index (χ2n) is 4.57. The third kappa shape index (κ3) is 2.44. The normalized spacial score (nSPS) is 31.6. The van der Waals surface area contributed by atoms with Crippen LogP contribution in [0.5, 0.6) is 0 Å². The van der Waals surface area contributed by atoms with Gasteiger partial charge in [-0.15, -0.1) is 0 Å². The maximum atomic E-state index is 9.02. The van der Waals surface area contributed by atoms with Gasteiger partial charge in [0.15, 0.2) is 0 Å². The van der Waals surface area contributed by atoms with Crippen LogP contribution >= 0.6 is 0 Å². The summed E-state index contributed by atoms with van der Waals surface area (Å²) in [6.07, 6.45) is 7.88. The van der Waals surface area contributed by atoms with E-state index in [9.17, 15) is 0 Å². The van der Waals surface area contributed by atoms with Crippen molar-refractivity contribution in [3.8, 4) is 0 Å². The van der Waals surface area contributed by atoms with Crippen LogP contribution in [0, 0.1) is 11.8 Å². The maximum Gasteiger partial charge on any atom is 0.0434 e. The minimum atomic E-state index is 0.374. The molecule has 0 spiro atoms. The molecule has 2 heteroatoms. The van der Waals surface area contributed by atoms with Crippen molar-refractivity contribution in [3.05, 3.63) is 0 Å². The highest BCUT2D eigenvalue weighted by molar-refractivity contribution is 4.90. The second kappa shape index (κ2) is 4.43. The van der Waals surface area contributed by atoms with Gasteiger partial charge in [-0.2, -0.15) is 0 Å². The maximum absolute atomic E-state index is 9.02. The predicted octanol–water partition coefficient (Wildman–Crippen LogP) is 1.54. The van der Waals surface area contributed by atoms with Gasteiger partial charge < -0.3 is 10.4 Å². The first-order valence-corrected chi connectivity index (χ1v) is 5.76. The van der Waals surface area contributed by atoms with Gasteiger partial charge in [-0.1, -0.05) is 6.42 Å². The van der Waals surface area contributed by atoms with Crippen LogP contribution < -0.4 is 5.32 Å². The highest BCUT2D eigenvalue weighted by Crippen LogP contribution is 2.41. The van der Waals surface area contributed by atoms with Gasteiger partial charge >= 0.3 is 0 Å². The first-order chi connectivity index (χ1) is 6.42. The molecule has 2 rings (SSSR count). The van der Waals surface area contributed by atoms with Crippen LogP contribution in [0.1, 0.15) is 38.5 Å². The van der Waals surface area contributed by atoms with E-state index in [4.69, 9.17) is 5.11 Å². The molecule has 1 saturated carbocycles. The Morgan fingerprint density at radius 2 is 2.08 bits per heavy atom. The van der Waals surface area contributed by atoms with Crippen LogP contribution in [0.3, 0.4) is 0 Å². The van der Waals surface area contributed by atoms with Crippen LogP contribution in [0.15, 0.2) is 0 Å². The smallest absolute Gasteiger partial charge is 0.0434 e. The van der Waals surface area contributed by atoms with Crippen LogP contribution in [0.25, 0.3) is 0 Å². The number of aliphatic hydroxyl groups is 1. The van der Waals surface area contributed by atoms with Gasteiger partial charge in [0.2, 0.25) is 0 Å². The van der Waals surface area contributed by atoms with Crippen molar-refractivity contribution in [1.29, 1.82) is 0 Å². The molecule has 1 heterocycles. The van der Waals surface area contributed by atoms with Crippen molar-refractivity contribution in [1.82, 2.24) is 5.32 Å². The lowest BCUT2D eigenvalue weighted by atomic mass is 9.86. The van der Waals surface area contributed by atoms with E-state index < -0.39 is 0 Å². The van der Waals surface area contributed by atoms with E-state index in [0.717, 1.165) is 18.3 Å². The quantitative estimate of drug-likeness (QED) is 0.693. The van der Waals surface area contributed by atoms with E-state index in [1.165, 1.54) is 38.6 Å². The van der Waals surface area contributed by atoms with Crippen LogP contribution in [-0.4, -0.2) is 24.3 Å². The molecule has 2 N–H and O–H groups in total. The molecule has 1 aliphatic carbocycles. The van der Waals surface area contributed by atoms with Crippen molar-refractivity contribution in [2.45, 2.75) is 44.6 Å². The molecule has 2 nitrogen and oxygen atoms in total. The summed E-state index contributed by atoms with van der Waals surface area (Å²) in [5.41, 5.74) is 0. The highest BCUT2D eigenvalue weighted by Gasteiger charge is 2.36. The van der Waals surface area contributed by atoms with E-state index in [1.54, 1.807) is 0 Å². The Labute approximate surface area is 80.7 Å². The number of piperidine rings is 1. The largest absolute Gasteiger partial charge is 0.396 e. The zero-order chi connectivity index (χ0) is 9.10. The molecule has 2 fully saturated rings. The topological polar surface area (TPSA) is 32.3 Å². The average molecular weight is 183 g/mol. The summed E-state index contributed by atoms with van der Waals surface area (Å²) >= 11 is 0. The first kappa shape index (κ1) is 9.47. The Kier molecular flexibility index (Phi) is 3.23. The third-order valence-corrected chi connectivity index (χ3v) is 3.56. The fraction of sp³-hybridized carbons (Fsp3) is 1.00. The van der Waals surface area contributed by atoms with Crippen molar-refractivity contribution < 1.29 is 5.11 Å². The molecule has 0 bridgehead atoms. The van der Waals surface area contributed by atoms with Crippen molar-refractivity contribution in [2.24, 2.45) is 11.8 Å². The van der Waals surface area contributed by atoms with E-state index >= 15 is 0 Å². The minimum absolute atomic E-state index is 0.374. The van der Waals surface area contributed by atoms with Crippen molar-refractivity contribution in [3.63, 3.8) is 0 Å². The Balaban J connectivity index is 1.84. The monoisotopic (exact) mass is 183 g/mol. The molecule has 2 aliphatic rings. The van der Waals surface area contributed by atoms with E-state index in [0.29, 0.717) is 12.6 Å². The lowest BCUT2D eigenvalue weighted by Crippen LogP contribution is -2.41. The van der Waals surface area contributed by atoms with Crippen molar-refractivity contribution in [2.75, 3.05) is 13.2 Å². The van der Waals surface area contributed by atoms with Crippen LogP contribution in [0.4, 0.5) is 0 Å². The molecule has 76 valence electrons. The molecule has 0 aromatic carbocycles. The van der Waals surface area contributed by atoms with Gasteiger partial charge in [0.1, 0.15) is 0 Å². The van der Waals surface area contributed by atoms with Crippen LogP contribution in [-0.2, 0) is 0 Å². The van der Waals surface area contributed by atoms with E-state index in [-0.39, 0.29) is 0 Å². The van der Waals surface area contributed by atoms with E-state index in [2.05, 4.69) is 5.32 Å². The summed E-state index contributed by atoms with van der Waals surface area (Å²) in [4.78, 5) is 0. The molecule has 13 heavy (non-hydrogen) atoms. The molecule has 0 aromatic rings. The van der Waals surface area contributed by atoms with Gasteiger partial charge in [-0.3, -0.25) is 0 Å². The highest BCUT2D eigenvalue weighted by atomic mass is 16.3. The number of hydrogen-bond donors (Lipinski definition) is 2. The summed E-state index contributed by atoms with van der Waals surface area (Å²) in [5, 5.41) is 12.6. The second-order valence-corrected chi connectivity index (χ2v) is 4.57. The fourth-order valence-corrected chi connectivity index (χ4v) is 2.68. The minimum Gasteiger partial charge on any atom is -0.396 e. The first-order valence-electron chi connectivity index (χ1n) is 5.76. The number of hydrogen-bond acceptors (Lipinski definition) is 2. The molecule has 1 saturated heterocycles. The molecular weight excluding hydrogens is 162 g/mol. The average Bonchev–Trinajstić information content (AvgIpc) is 2.99. The standard InChI is InChI=1S/C11H21NO/c13-8-6-10(9-4-5-9)11-3-1-2-7-12-11/h9-13H,1-8H2. The number of rotatable bonds is 4. The third-order valence-electron chi connectivity index (χ3n) is 3.56. The zero-order valence-corrected chi connectivity index (χ0v) is 8.34. The van der Waals surface area contributed by atoms with Gasteiger partial charge in [-0.05, 0) is 50.5 Å². The van der Waals surface area contributed by atoms with Crippen molar-refractivity contribution >= 4 is 0 Å². The summed E-state index contributed by atoms with van der Waals surface area (Å²) < 4.78 is 0. The molecule has 0 radical (unpaired) electrons. The predicted molar refractivity (Wildman–Crippen MR) is 53.6 cm³/mol. The van der Waals surface area contributed by atoms with Gasteiger partial charge in [-0.25, -0.2) is 0 Å². The Morgan fingerprint density at radius 3 is 2.62 bits per heavy atom. The SMILES string of the molecule is OCCC(C1CC1)C1CCCCN1. The van der Waals surface area contributed by atoms with Crippen LogP contribution in [0.2, 0.25) is 0 Å². The number of nitrogens with one attached hydrogen (secondary N) is 1. The Hall–Kier alpha value is -0.0800. The zero-order valence-electron chi connectivity index (χ0n) is 8.34. The fourth-order valence-electron chi connectivity index (χ4n) is 2.68. The van der Waals surface area contributed by atoms with Gasteiger partial charge in [0, 0.05) is 12.6 Å². The summed E-state index contributed by atoms with van der Waals surface area (Å²) in [7, 11) is 0. The molecule has 2 atom stereocenters. The van der Waals surface area contributed by atoms with Gasteiger partial charge in [0.05, 0.1) is 0 Å². The molecule has 1 aliphatic heterocycles. The molecular formula is C11H21NO. The lowest BCUT2D eigenvalue weighted by molar-refractivity contribution is 0.197. The molecule has 0 aromatic heterocycles. The molecule has 2 unspecified atom stereocenters.